The van der Waals surface area contributed by atoms with Crippen molar-refractivity contribution in [1.82, 2.24) is 4.57 Å². The lowest BCUT2D eigenvalue weighted by Gasteiger charge is -2.18. The molecule has 1 aromatic rings. The van der Waals surface area contributed by atoms with Crippen molar-refractivity contribution in [3.8, 4) is 5.75 Å². The average molecular weight is 311 g/mol. The zero-order valence-electron chi connectivity index (χ0n) is 13.5. The Hall–Kier alpha value is -1.82. The average Bonchev–Trinajstić information content (AvgIpc) is 2.52. The molecule has 124 valence electrons. The van der Waals surface area contributed by atoms with Crippen LogP contribution in [0.5, 0.6) is 5.75 Å². The largest absolute Gasteiger partial charge is 0.488 e. The van der Waals surface area contributed by atoms with Gasteiger partial charge >= 0.3 is 5.97 Å². The highest BCUT2D eigenvalue weighted by Crippen LogP contribution is 2.13. The van der Waals surface area contributed by atoms with Crippen molar-refractivity contribution in [3.63, 3.8) is 0 Å². The summed E-state index contributed by atoms with van der Waals surface area (Å²) in [6, 6.07) is 2.66. The molecule has 0 spiro atoms. The van der Waals surface area contributed by atoms with Crippen molar-refractivity contribution in [3.05, 3.63) is 28.7 Å². The molecule has 0 radical (unpaired) electrons. The fourth-order valence-electron chi connectivity index (χ4n) is 1.98. The van der Waals surface area contributed by atoms with Crippen LogP contribution >= 0.6 is 0 Å². The summed E-state index contributed by atoms with van der Waals surface area (Å²) in [6.45, 7) is 7.25. The van der Waals surface area contributed by atoms with Crippen LogP contribution in [0.4, 0.5) is 0 Å². The SMILES string of the molecule is CCCOc1cccn(C(CC)C(=O)OCCOCC)c1=O. The van der Waals surface area contributed by atoms with E-state index in [9.17, 15) is 9.59 Å². The summed E-state index contributed by atoms with van der Waals surface area (Å²) in [6.07, 6.45) is 2.86. The molecular weight excluding hydrogens is 286 g/mol. The smallest absolute Gasteiger partial charge is 0.329 e. The normalized spacial score (nSPS) is 12.0. The predicted molar refractivity (Wildman–Crippen MR) is 83.3 cm³/mol. The molecule has 0 aliphatic carbocycles. The highest BCUT2D eigenvalue weighted by Gasteiger charge is 2.22. The number of pyridine rings is 1. The molecule has 0 aliphatic heterocycles. The first kappa shape index (κ1) is 18.2. The van der Waals surface area contributed by atoms with Gasteiger partial charge in [0.15, 0.2) is 5.75 Å². The van der Waals surface area contributed by atoms with E-state index in [2.05, 4.69) is 0 Å². The summed E-state index contributed by atoms with van der Waals surface area (Å²) in [5.74, 6) is -0.179. The number of rotatable bonds is 10. The van der Waals surface area contributed by atoms with Crippen molar-refractivity contribution in [1.29, 1.82) is 0 Å². The molecule has 0 aliphatic rings. The van der Waals surface area contributed by atoms with Crippen molar-refractivity contribution >= 4 is 5.97 Å². The lowest BCUT2D eigenvalue weighted by Crippen LogP contribution is -2.31. The van der Waals surface area contributed by atoms with Gasteiger partial charge in [0.05, 0.1) is 13.2 Å². The molecule has 1 rings (SSSR count). The van der Waals surface area contributed by atoms with E-state index in [0.29, 0.717) is 26.2 Å². The first-order valence-corrected chi connectivity index (χ1v) is 7.73. The summed E-state index contributed by atoms with van der Waals surface area (Å²) in [7, 11) is 0. The van der Waals surface area contributed by atoms with Gasteiger partial charge in [-0.2, -0.15) is 0 Å². The van der Waals surface area contributed by atoms with Crippen molar-refractivity contribution < 1.29 is 19.0 Å². The Labute approximate surface area is 131 Å². The number of aromatic nitrogens is 1. The number of carbonyl (C=O) groups is 1. The minimum absolute atomic E-state index is 0.184. The molecule has 0 N–H and O–H groups in total. The molecule has 0 amide bonds. The molecule has 0 saturated heterocycles. The summed E-state index contributed by atoms with van der Waals surface area (Å²) >= 11 is 0. The van der Waals surface area contributed by atoms with E-state index < -0.39 is 12.0 Å². The number of hydrogen-bond donors (Lipinski definition) is 0. The third kappa shape index (κ3) is 5.18. The van der Waals surface area contributed by atoms with Gasteiger partial charge in [-0.3, -0.25) is 9.36 Å². The first-order chi connectivity index (χ1) is 10.7. The molecule has 1 aromatic heterocycles. The summed E-state index contributed by atoms with van der Waals surface area (Å²) in [5, 5.41) is 0. The highest BCUT2D eigenvalue weighted by molar-refractivity contribution is 5.74. The van der Waals surface area contributed by atoms with Gasteiger partial charge in [0.25, 0.3) is 5.56 Å². The molecule has 6 heteroatoms. The van der Waals surface area contributed by atoms with Gasteiger partial charge in [-0.15, -0.1) is 0 Å². The third-order valence-corrected chi connectivity index (χ3v) is 3.07. The van der Waals surface area contributed by atoms with Gasteiger partial charge < -0.3 is 14.2 Å². The Balaban J connectivity index is 2.81. The fraction of sp³-hybridized carbons (Fsp3) is 0.625. The second kappa shape index (κ2) is 10.00. The van der Waals surface area contributed by atoms with E-state index in [4.69, 9.17) is 14.2 Å². The van der Waals surface area contributed by atoms with Crippen molar-refractivity contribution in [2.45, 2.75) is 39.7 Å². The summed E-state index contributed by atoms with van der Waals surface area (Å²) in [5.41, 5.74) is -0.315. The number of ether oxygens (including phenoxy) is 3. The van der Waals surface area contributed by atoms with Crippen LogP contribution < -0.4 is 10.3 Å². The quantitative estimate of drug-likeness (QED) is 0.489. The van der Waals surface area contributed by atoms with E-state index in [0.717, 1.165) is 6.42 Å². The summed E-state index contributed by atoms with van der Waals surface area (Å²) in [4.78, 5) is 24.5. The maximum absolute atomic E-state index is 12.4. The molecule has 0 fully saturated rings. The molecule has 22 heavy (non-hydrogen) atoms. The second-order valence-electron chi connectivity index (χ2n) is 4.72. The maximum Gasteiger partial charge on any atom is 0.329 e. The maximum atomic E-state index is 12.4. The molecule has 1 atom stereocenters. The van der Waals surface area contributed by atoms with E-state index >= 15 is 0 Å². The van der Waals surface area contributed by atoms with Crippen LogP contribution in [0.3, 0.4) is 0 Å². The molecule has 1 heterocycles. The number of nitrogens with zero attached hydrogens (tertiary/aromatic N) is 1. The molecule has 1 unspecified atom stereocenters. The number of hydrogen-bond acceptors (Lipinski definition) is 5. The minimum atomic E-state index is -0.653. The Bertz CT molecular complexity index is 512. The van der Waals surface area contributed by atoms with Gasteiger partial charge in [0.2, 0.25) is 0 Å². The molecule has 0 saturated carbocycles. The van der Waals surface area contributed by atoms with E-state index in [-0.39, 0.29) is 17.9 Å². The Morgan fingerprint density at radius 1 is 1.23 bits per heavy atom. The van der Waals surface area contributed by atoms with Crippen molar-refractivity contribution in [2.75, 3.05) is 26.4 Å². The van der Waals surface area contributed by atoms with Crippen LogP contribution in [0, 0.1) is 0 Å². The van der Waals surface area contributed by atoms with Crippen LogP contribution in [0.25, 0.3) is 0 Å². The van der Waals surface area contributed by atoms with Crippen LogP contribution in [0.15, 0.2) is 23.1 Å². The van der Waals surface area contributed by atoms with E-state index in [1.165, 1.54) is 4.57 Å². The van der Waals surface area contributed by atoms with E-state index in [1.807, 2.05) is 20.8 Å². The van der Waals surface area contributed by atoms with Crippen LogP contribution in [-0.4, -0.2) is 37.0 Å². The standard InChI is InChI=1S/C16H25NO5/c1-4-10-21-14-8-7-9-17(15(14)18)13(5-2)16(19)22-12-11-20-6-3/h7-9,13H,4-6,10-12H2,1-3H3. The molecule has 0 aromatic carbocycles. The van der Waals surface area contributed by atoms with Gasteiger partial charge in [0.1, 0.15) is 12.6 Å². The van der Waals surface area contributed by atoms with Gasteiger partial charge in [-0.05, 0) is 31.9 Å². The number of carbonyl (C=O) groups excluding carboxylic acids is 1. The van der Waals surface area contributed by atoms with Crippen LogP contribution in [0.1, 0.15) is 39.7 Å². The minimum Gasteiger partial charge on any atom is -0.488 e. The Kier molecular flexibility index (Phi) is 8.28. The Morgan fingerprint density at radius 3 is 2.64 bits per heavy atom. The molecule has 0 bridgehead atoms. The van der Waals surface area contributed by atoms with Crippen molar-refractivity contribution in [2.24, 2.45) is 0 Å². The van der Waals surface area contributed by atoms with E-state index in [1.54, 1.807) is 18.3 Å². The zero-order chi connectivity index (χ0) is 16.4. The lowest BCUT2D eigenvalue weighted by atomic mass is 10.2. The monoisotopic (exact) mass is 311 g/mol. The zero-order valence-corrected chi connectivity index (χ0v) is 13.5. The fourth-order valence-corrected chi connectivity index (χ4v) is 1.98. The van der Waals surface area contributed by atoms with Crippen LogP contribution in [0.2, 0.25) is 0 Å². The Morgan fingerprint density at radius 2 is 2.00 bits per heavy atom. The molecular formula is C16H25NO5. The number of esters is 1. The summed E-state index contributed by atoms with van der Waals surface area (Å²) < 4.78 is 17.1. The predicted octanol–water partition coefficient (Wildman–Crippen LogP) is 2.17. The molecule has 6 nitrogen and oxygen atoms in total. The van der Waals surface area contributed by atoms with Gasteiger partial charge in [-0.1, -0.05) is 13.8 Å². The second-order valence-corrected chi connectivity index (χ2v) is 4.72. The topological polar surface area (TPSA) is 66.8 Å². The van der Waals surface area contributed by atoms with Gasteiger partial charge in [-0.25, -0.2) is 4.79 Å². The van der Waals surface area contributed by atoms with Gasteiger partial charge in [0, 0.05) is 12.8 Å². The van der Waals surface area contributed by atoms with Crippen LogP contribution in [-0.2, 0) is 14.3 Å². The highest BCUT2D eigenvalue weighted by atomic mass is 16.6. The third-order valence-electron chi connectivity index (χ3n) is 3.07. The lowest BCUT2D eigenvalue weighted by molar-refractivity contribution is -0.149. The first-order valence-electron chi connectivity index (χ1n) is 7.73.